The molecule has 0 unspecified atom stereocenters. The van der Waals surface area contributed by atoms with E-state index in [0.717, 1.165) is 6.07 Å². The highest BCUT2D eigenvalue weighted by Crippen LogP contribution is 2.27. The normalized spacial score (nSPS) is 15.8. The summed E-state index contributed by atoms with van der Waals surface area (Å²) in [5.41, 5.74) is -0.0785. The Hall–Kier alpha value is -1.74. The van der Waals surface area contributed by atoms with Gasteiger partial charge >= 0.3 is 0 Å². The van der Waals surface area contributed by atoms with Gasteiger partial charge in [-0.15, -0.1) is 0 Å². The molecule has 1 saturated heterocycles. The van der Waals surface area contributed by atoms with Crippen molar-refractivity contribution < 1.29 is 22.0 Å². The minimum Gasteiger partial charge on any atom is -0.336 e. The van der Waals surface area contributed by atoms with E-state index in [2.05, 4.69) is 0 Å². The van der Waals surface area contributed by atoms with E-state index >= 15 is 0 Å². The van der Waals surface area contributed by atoms with Crippen LogP contribution in [0.2, 0.25) is 10.0 Å². The van der Waals surface area contributed by atoms with Crippen molar-refractivity contribution in [3.8, 4) is 0 Å². The second kappa shape index (κ2) is 8.32. The van der Waals surface area contributed by atoms with E-state index in [4.69, 9.17) is 23.2 Å². The van der Waals surface area contributed by atoms with Gasteiger partial charge in [0.1, 0.15) is 0 Å². The molecule has 1 amide bonds. The van der Waals surface area contributed by atoms with Crippen molar-refractivity contribution in [1.82, 2.24) is 9.21 Å². The van der Waals surface area contributed by atoms with Gasteiger partial charge in [-0.05, 0) is 30.3 Å². The maximum atomic E-state index is 12.8. The van der Waals surface area contributed by atoms with Crippen LogP contribution in [0.3, 0.4) is 0 Å². The number of alkyl halides is 2. The first-order chi connectivity index (χ1) is 13.2. The number of carbonyl (C=O) groups is 1. The smallest absolute Gasteiger partial charge is 0.263 e. The van der Waals surface area contributed by atoms with Gasteiger partial charge in [0.2, 0.25) is 10.0 Å². The molecule has 28 heavy (non-hydrogen) atoms. The fraction of sp³-hybridized carbons (Fsp3) is 0.278. The highest BCUT2D eigenvalue weighted by Gasteiger charge is 2.31. The van der Waals surface area contributed by atoms with Crippen molar-refractivity contribution >= 4 is 39.1 Å². The average molecular weight is 449 g/mol. The number of amides is 1. The third kappa shape index (κ3) is 4.30. The van der Waals surface area contributed by atoms with Gasteiger partial charge in [-0.1, -0.05) is 35.3 Å². The maximum Gasteiger partial charge on any atom is 0.263 e. The first-order valence-electron chi connectivity index (χ1n) is 8.33. The van der Waals surface area contributed by atoms with E-state index in [1.54, 1.807) is 0 Å². The van der Waals surface area contributed by atoms with Gasteiger partial charge in [-0.2, -0.15) is 4.31 Å². The van der Waals surface area contributed by atoms with Crippen molar-refractivity contribution in [2.45, 2.75) is 11.3 Å². The molecule has 0 aromatic heterocycles. The monoisotopic (exact) mass is 448 g/mol. The second-order valence-corrected chi connectivity index (χ2v) is 8.95. The van der Waals surface area contributed by atoms with Crippen LogP contribution >= 0.6 is 23.2 Å². The van der Waals surface area contributed by atoms with Crippen molar-refractivity contribution in [1.29, 1.82) is 0 Å². The lowest BCUT2D eigenvalue weighted by Crippen LogP contribution is -2.50. The van der Waals surface area contributed by atoms with Gasteiger partial charge in [0.25, 0.3) is 12.3 Å². The Kier molecular flexibility index (Phi) is 6.24. The number of nitrogens with zero attached hydrogens (tertiary/aromatic N) is 2. The molecular formula is C18H16Cl2F2N2O3S. The maximum absolute atomic E-state index is 12.8. The zero-order valence-corrected chi connectivity index (χ0v) is 16.8. The van der Waals surface area contributed by atoms with Gasteiger partial charge in [0, 0.05) is 37.3 Å². The highest BCUT2D eigenvalue weighted by molar-refractivity contribution is 7.89. The van der Waals surface area contributed by atoms with E-state index in [1.807, 2.05) is 0 Å². The lowest BCUT2D eigenvalue weighted by Gasteiger charge is -2.34. The molecule has 0 radical (unpaired) electrons. The van der Waals surface area contributed by atoms with E-state index in [0.29, 0.717) is 0 Å². The third-order valence-electron chi connectivity index (χ3n) is 4.44. The fourth-order valence-corrected chi connectivity index (χ4v) is 4.72. The fourth-order valence-electron chi connectivity index (χ4n) is 2.91. The lowest BCUT2D eigenvalue weighted by atomic mass is 10.1. The van der Waals surface area contributed by atoms with Crippen molar-refractivity contribution in [2.24, 2.45) is 0 Å². The number of hydrogen-bond donors (Lipinski definition) is 0. The van der Waals surface area contributed by atoms with Crippen molar-refractivity contribution in [3.63, 3.8) is 0 Å². The van der Waals surface area contributed by atoms with Crippen LogP contribution in [-0.2, 0) is 10.0 Å². The Morgan fingerprint density at radius 3 is 2.25 bits per heavy atom. The van der Waals surface area contributed by atoms with E-state index in [1.165, 1.54) is 45.6 Å². The quantitative estimate of drug-likeness (QED) is 0.707. The topological polar surface area (TPSA) is 57.7 Å². The van der Waals surface area contributed by atoms with Crippen LogP contribution in [0.25, 0.3) is 0 Å². The van der Waals surface area contributed by atoms with Crippen molar-refractivity contribution in [3.05, 3.63) is 63.6 Å². The molecule has 0 saturated carbocycles. The number of carbonyl (C=O) groups excluding carboxylic acids is 1. The summed E-state index contributed by atoms with van der Waals surface area (Å²) >= 11 is 11.7. The number of piperazine rings is 1. The molecule has 0 bridgehead atoms. The first kappa shape index (κ1) is 21.0. The predicted octanol–water partition coefficient (Wildman–Crippen LogP) is 4.08. The average Bonchev–Trinajstić information content (AvgIpc) is 2.69. The first-order valence-corrected chi connectivity index (χ1v) is 10.5. The molecule has 1 aliphatic rings. The number of halogens is 4. The molecule has 1 aliphatic heterocycles. The van der Waals surface area contributed by atoms with Crippen LogP contribution in [0.4, 0.5) is 8.78 Å². The minimum absolute atomic E-state index is 0.0197. The summed E-state index contributed by atoms with van der Waals surface area (Å²) in [7, 11) is -3.78. The molecule has 1 fully saturated rings. The molecule has 0 atom stereocenters. The predicted molar refractivity (Wildman–Crippen MR) is 103 cm³/mol. The number of hydrogen-bond acceptors (Lipinski definition) is 3. The molecule has 150 valence electrons. The van der Waals surface area contributed by atoms with Crippen LogP contribution in [0, 0.1) is 0 Å². The van der Waals surface area contributed by atoms with Crippen LogP contribution in [0.5, 0.6) is 0 Å². The Bertz CT molecular complexity index is 994. The molecule has 0 spiro atoms. The van der Waals surface area contributed by atoms with Crippen LogP contribution < -0.4 is 0 Å². The Labute approximate surface area is 171 Å². The molecular weight excluding hydrogens is 433 g/mol. The summed E-state index contributed by atoms with van der Waals surface area (Å²) < 4.78 is 52.4. The van der Waals surface area contributed by atoms with E-state index in [9.17, 15) is 22.0 Å². The lowest BCUT2D eigenvalue weighted by molar-refractivity contribution is 0.0697. The van der Waals surface area contributed by atoms with E-state index in [-0.39, 0.29) is 52.2 Å². The standard InChI is InChI=1S/C18H16Cl2F2N2O3S/c19-15-5-4-14(11-16(15)20)28(26,27)24-8-6-23(7-9-24)18(25)13-3-1-2-12(10-13)17(21)22/h1-5,10-11,17H,6-9H2. The Morgan fingerprint density at radius 1 is 0.964 bits per heavy atom. The summed E-state index contributed by atoms with van der Waals surface area (Å²) in [6.45, 7) is 0.475. The molecule has 0 N–H and O–H groups in total. The van der Waals surface area contributed by atoms with Gasteiger partial charge < -0.3 is 4.90 Å². The van der Waals surface area contributed by atoms with Gasteiger partial charge in [-0.25, -0.2) is 17.2 Å². The van der Waals surface area contributed by atoms with Gasteiger partial charge in [0.05, 0.1) is 14.9 Å². The van der Waals surface area contributed by atoms with Crippen LogP contribution in [0.15, 0.2) is 47.4 Å². The van der Waals surface area contributed by atoms with Gasteiger partial charge in [0.15, 0.2) is 0 Å². The van der Waals surface area contributed by atoms with Crippen LogP contribution in [-0.4, -0.2) is 49.7 Å². The summed E-state index contributed by atoms with van der Waals surface area (Å²) in [4.78, 5) is 14.0. The molecule has 10 heteroatoms. The Balaban J connectivity index is 1.71. The summed E-state index contributed by atoms with van der Waals surface area (Å²) in [6, 6.07) is 9.35. The largest absolute Gasteiger partial charge is 0.336 e. The third-order valence-corrected chi connectivity index (χ3v) is 7.07. The van der Waals surface area contributed by atoms with Gasteiger partial charge in [-0.3, -0.25) is 4.79 Å². The zero-order chi connectivity index (χ0) is 20.5. The molecule has 3 rings (SSSR count). The molecule has 0 aliphatic carbocycles. The summed E-state index contributed by atoms with van der Waals surface area (Å²) in [6.07, 6.45) is -2.67. The number of rotatable bonds is 4. The molecule has 1 heterocycles. The summed E-state index contributed by atoms with van der Waals surface area (Å²) in [5, 5.41) is 0.387. The summed E-state index contributed by atoms with van der Waals surface area (Å²) in [5.74, 6) is -0.408. The SMILES string of the molecule is O=C(c1cccc(C(F)F)c1)N1CCN(S(=O)(=O)c2ccc(Cl)c(Cl)c2)CC1. The van der Waals surface area contributed by atoms with Crippen LogP contribution in [0.1, 0.15) is 22.3 Å². The molecule has 2 aromatic carbocycles. The molecule has 2 aromatic rings. The van der Waals surface area contributed by atoms with Crippen molar-refractivity contribution in [2.75, 3.05) is 26.2 Å². The minimum atomic E-state index is -3.78. The number of benzene rings is 2. The molecule has 5 nitrogen and oxygen atoms in total. The zero-order valence-electron chi connectivity index (χ0n) is 14.5. The van der Waals surface area contributed by atoms with E-state index < -0.39 is 22.4 Å². The second-order valence-electron chi connectivity index (χ2n) is 6.20. The number of sulfonamides is 1. The Morgan fingerprint density at radius 2 is 1.64 bits per heavy atom. The highest BCUT2D eigenvalue weighted by atomic mass is 35.5.